The molecule has 0 aliphatic carbocycles. The zero-order valence-electron chi connectivity index (χ0n) is 17.2. The highest BCUT2D eigenvalue weighted by atomic mass is 16.2. The molecule has 0 unspecified atom stereocenters. The molecule has 5 nitrogen and oxygen atoms in total. The molecule has 2 heterocycles. The van der Waals surface area contributed by atoms with Gasteiger partial charge in [0, 0.05) is 31.6 Å². The Morgan fingerprint density at radius 2 is 1.67 bits per heavy atom. The topological polar surface area (TPSA) is 61.4 Å². The molecule has 2 aromatic carbocycles. The Bertz CT molecular complexity index is 910. The van der Waals surface area contributed by atoms with E-state index in [9.17, 15) is 9.59 Å². The fourth-order valence-corrected chi connectivity index (χ4v) is 4.40. The van der Waals surface area contributed by atoms with Crippen molar-refractivity contribution in [3.63, 3.8) is 0 Å². The van der Waals surface area contributed by atoms with E-state index in [-0.39, 0.29) is 23.9 Å². The molecule has 2 aliphatic rings. The van der Waals surface area contributed by atoms with Crippen LogP contribution in [0.4, 0.5) is 0 Å². The summed E-state index contributed by atoms with van der Waals surface area (Å²) in [6, 6.07) is 18.3. The molecule has 30 heavy (non-hydrogen) atoms. The molecule has 4 rings (SSSR count). The van der Waals surface area contributed by atoms with Crippen LogP contribution in [0.25, 0.3) is 6.08 Å². The quantitative estimate of drug-likeness (QED) is 0.765. The lowest BCUT2D eigenvalue weighted by atomic mass is 9.97. The molecule has 0 radical (unpaired) electrons. The minimum atomic E-state index is -0.0253. The third kappa shape index (κ3) is 4.79. The third-order valence-corrected chi connectivity index (χ3v) is 5.97. The van der Waals surface area contributed by atoms with Gasteiger partial charge in [-0.3, -0.25) is 9.59 Å². The van der Waals surface area contributed by atoms with Gasteiger partial charge in [-0.1, -0.05) is 54.6 Å². The minimum Gasteiger partial charge on any atom is -0.356 e. The van der Waals surface area contributed by atoms with Crippen LogP contribution in [0.1, 0.15) is 54.5 Å². The van der Waals surface area contributed by atoms with E-state index >= 15 is 0 Å². The Hall–Kier alpha value is -2.92. The molecule has 2 aromatic rings. The monoisotopic (exact) mass is 403 g/mol. The summed E-state index contributed by atoms with van der Waals surface area (Å²) in [4.78, 5) is 27.5. The molecule has 2 aliphatic heterocycles. The standard InChI is InChI=1S/C25H29N3O2/c29-24-18-22(20-9-2-1-3-10-20)26-15-6-7-17-28-23(14-16-27-24)21-11-5-4-8-19(21)12-13-25(28)30/h1-5,8-13,22-23,26H,6-7,14-18H2,(H,27,29)/t22-,23-/m1/s1. The molecule has 0 aromatic heterocycles. The van der Waals surface area contributed by atoms with Crippen molar-refractivity contribution < 1.29 is 9.59 Å². The highest BCUT2D eigenvalue weighted by molar-refractivity contribution is 5.93. The van der Waals surface area contributed by atoms with Crippen LogP contribution in [0, 0.1) is 0 Å². The number of hydrogen-bond donors (Lipinski definition) is 2. The average Bonchev–Trinajstić information content (AvgIpc) is 2.89. The van der Waals surface area contributed by atoms with Crippen LogP contribution in [-0.4, -0.2) is 36.3 Å². The van der Waals surface area contributed by atoms with Gasteiger partial charge in [0.25, 0.3) is 0 Å². The second-order valence-corrected chi connectivity index (χ2v) is 7.98. The molecular weight excluding hydrogens is 374 g/mol. The maximum Gasteiger partial charge on any atom is 0.247 e. The van der Waals surface area contributed by atoms with Gasteiger partial charge in [-0.2, -0.15) is 0 Å². The number of hydrogen-bond acceptors (Lipinski definition) is 3. The van der Waals surface area contributed by atoms with E-state index < -0.39 is 0 Å². The van der Waals surface area contributed by atoms with Gasteiger partial charge >= 0.3 is 0 Å². The smallest absolute Gasteiger partial charge is 0.247 e. The fraction of sp³-hybridized carbons (Fsp3) is 0.360. The molecule has 1 saturated heterocycles. The molecule has 0 saturated carbocycles. The zero-order valence-corrected chi connectivity index (χ0v) is 17.2. The van der Waals surface area contributed by atoms with E-state index in [0.29, 0.717) is 25.9 Å². The number of nitrogens with zero attached hydrogens (tertiary/aromatic N) is 1. The van der Waals surface area contributed by atoms with Gasteiger partial charge in [0.1, 0.15) is 0 Å². The van der Waals surface area contributed by atoms with Gasteiger partial charge in [-0.05, 0) is 48.6 Å². The van der Waals surface area contributed by atoms with Crippen molar-refractivity contribution >= 4 is 17.9 Å². The number of benzene rings is 2. The van der Waals surface area contributed by atoms with E-state index in [0.717, 1.165) is 36.1 Å². The van der Waals surface area contributed by atoms with Crippen LogP contribution < -0.4 is 10.6 Å². The van der Waals surface area contributed by atoms with Crippen molar-refractivity contribution in [3.8, 4) is 0 Å². The number of carbonyl (C=O) groups is 2. The Balaban J connectivity index is 1.53. The molecule has 156 valence electrons. The van der Waals surface area contributed by atoms with Crippen LogP contribution in [0.15, 0.2) is 60.7 Å². The van der Waals surface area contributed by atoms with Crippen LogP contribution in [0.2, 0.25) is 0 Å². The van der Waals surface area contributed by atoms with Gasteiger partial charge in [0.05, 0.1) is 6.04 Å². The molecule has 2 N–H and O–H groups in total. The maximum atomic E-state index is 12.8. The first kappa shape index (κ1) is 20.4. The molecule has 2 amide bonds. The van der Waals surface area contributed by atoms with Crippen molar-refractivity contribution in [2.24, 2.45) is 0 Å². The number of fused-ring (bicyclic) bond motifs is 3. The molecule has 1 fully saturated rings. The minimum absolute atomic E-state index is 0.00280. The summed E-state index contributed by atoms with van der Waals surface area (Å²) in [6.45, 7) is 2.07. The van der Waals surface area contributed by atoms with E-state index in [1.165, 1.54) is 0 Å². The highest BCUT2D eigenvalue weighted by Gasteiger charge is 2.27. The van der Waals surface area contributed by atoms with Crippen molar-refractivity contribution in [2.75, 3.05) is 19.6 Å². The average molecular weight is 404 g/mol. The first-order valence-corrected chi connectivity index (χ1v) is 10.8. The van der Waals surface area contributed by atoms with Crippen molar-refractivity contribution in [3.05, 3.63) is 77.4 Å². The van der Waals surface area contributed by atoms with E-state index in [4.69, 9.17) is 0 Å². The van der Waals surface area contributed by atoms with E-state index in [2.05, 4.69) is 34.9 Å². The predicted octanol–water partition coefficient (Wildman–Crippen LogP) is 3.60. The lowest BCUT2D eigenvalue weighted by Gasteiger charge is -2.31. The molecule has 5 heteroatoms. The van der Waals surface area contributed by atoms with Gasteiger partial charge in [0.2, 0.25) is 11.8 Å². The highest BCUT2D eigenvalue weighted by Crippen LogP contribution is 2.31. The maximum absolute atomic E-state index is 12.8. The van der Waals surface area contributed by atoms with Crippen molar-refractivity contribution in [1.82, 2.24) is 15.5 Å². The van der Waals surface area contributed by atoms with Gasteiger partial charge < -0.3 is 15.5 Å². The van der Waals surface area contributed by atoms with Crippen LogP contribution in [0.3, 0.4) is 0 Å². The van der Waals surface area contributed by atoms with Crippen molar-refractivity contribution in [2.45, 2.75) is 37.8 Å². The Labute approximate surface area is 178 Å². The summed E-state index contributed by atoms with van der Waals surface area (Å²) in [5.74, 6) is 0.0843. The summed E-state index contributed by atoms with van der Waals surface area (Å²) >= 11 is 0. The first-order valence-electron chi connectivity index (χ1n) is 10.8. The van der Waals surface area contributed by atoms with Crippen molar-refractivity contribution in [1.29, 1.82) is 0 Å². The van der Waals surface area contributed by atoms with Gasteiger partial charge in [-0.25, -0.2) is 0 Å². The molecule has 0 spiro atoms. The number of nitrogens with one attached hydrogen (secondary N) is 2. The second kappa shape index (κ2) is 9.72. The van der Waals surface area contributed by atoms with Gasteiger partial charge in [-0.15, -0.1) is 0 Å². The first-order chi connectivity index (χ1) is 14.7. The molecule has 0 bridgehead atoms. The number of carbonyl (C=O) groups excluding carboxylic acids is 2. The van der Waals surface area contributed by atoms with Crippen LogP contribution in [0.5, 0.6) is 0 Å². The summed E-state index contributed by atoms with van der Waals surface area (Å²) in [6.07, 6.45) is 6.59. The Kier molecular flexibility index (Phi) is 6.60. The van der Waals surface area contributed by atoms with Crippen LogP contribution in [-0.2, 0) is 9.59 Å². The summed E-state index contributed by atoms with van der Waals surface area (Å²) in [7, 11) is 0. The normalized spacial score (nSPS) is 23.1. The zero-order chi connectivity index (χ0) is 20.8. The summed E-state index contributed by atoms with van der Waals surface area (Å²) in [5.41, 5.74) is 3.37. The molecular formula is C25H29N3O2. The Morgan fingerprint density at radius 1 is 0.867 bits per heavy atom. The summed E-state index contributed by atoms with van der Waals surface area (Å²) < 4.78 is 0. The largest absolute Gasteiger partial charge is 0.356 e. The lowest BCUT2D eigenvalue weighted by molar-refractivity contribution is -0.128. The van der Waals surface area contributed by atoms with Gasteiger partial charge in [0.15, 0.2) is 0 Å². The predicted molar refractivity (Wildman–Crippen MR) is 119 cm³/mol. The SMILES string of the molecule is O=C1C[C@H](c2ccccc2)NCCCCN2C(=O)C=Cc3ccccc3[C@H]2CCN1. The van der Waals surface area contributed by atoms with Crippen LogP contribution >= 0.6 is 0 Å². The third-order valence-electron chi connectivity index (χ3n) is 5.97. The second-order valence-electron chi connectivity index (χ2n) is 7.98. The molecule has 2 atom stereocenters. The number of amides is 2. The number of rotatable bonds is 1. The van der Waals surface area contributed by atoms with E-state index in [1.807, 2.05) is 41.3 Å². The lowest BCUT2D eigenvalue weighted by Crippen LogP contribution is -2.36. The van der Waals surface area contributed by atoms with E-state index in [1.54, 1.807) is 6.08 Å². The summed E-state index contributed by atoms with van der Waals surface area (Å²) in [5, 5.41) is 6.62. The Morgan fingerprint density at radius 3 is 2.53 bits per heavy atom. The fourth-order valence-electron chi connectivity index (χ4n) is 4.40.